The van der Waals surface area contributed by atoms with E-state index in [0.29, 0.717) is 5.56 Å². The lowest BCUT2D eigenvalue weighted by atomic mass is 9.66. The van der Waals surface area contributed by atoms with Gasteiger partial charge in [-0.25, -0.2) is 0 Å². The summed E-state index contributed by atoms with van der Waals surface area (Å²) >= 11 is 0. The molecular formula is C29H40O3. The fraction of sp³-hybridized carbons (Fsp3) is 0.517. The van der Waals surface area contributed by atoms with Gasteiger partial charge in [-0.2, -0.15) is 0 Å². The van der Waals surface area contributed by atoms with Crippen LogP contribution in [0.5, 0.6) is 0 Å². The summed E-state index contributed by atoms with van der Waals surface area (Å²) in [5, 5.41) is 28.8. The Labute approximate surface area is 193 Å². The van der Waals surface area contributed by atoms with Gasteiger partial charge in [-0.1, -0.05) is 94.7 Å². The Bertz CT molecular complexity index is 874. The lowest BCUT2D eigenvalue weighted by Gasteiger charge is -2.39. The smallest absolute Gasteiger partial charge is 0.178 e. The third-order valence-electron chi connectivity index (χ3n) is 7.27. The number of aryl methyl sites for hydroxylation is 2. The van der Waals surface area contributed by atoms with Gasteiger partial charge in [-0.05, 0) is 65.7 Å². The van der Waals surface area contributed by atoms with Crippen molar-refractivity contribution >= 4 is 6.08 Å². The highest BCUT2D eigenvalue weighted by Crippen LogP contribution is 2.43. The standard InChI is InChI=1S/C29H40O3/c1-4-23-20-26(14-12-24(23)13-15-27(30)21(2)3)29(17-6-5-7-18-29)19-16-22-8-10-25(11-9-22)28(31)32/h8-15,20-21,27-28,30-32H,4-7,16-19H2,1-3H3. The largest absolute Gasteiger partial charge is 0.389 e. The number of hydrogen-bond donors (Lipinski definition) is 3. The quantitative estimate of drug-likeness (QED) is 0.416. The Kier molecular flexibility index (Phi) is 8.70. The van der Waals surface area contributed by atoms with E-state index in [-0.39, 0.29) is 11.3 Å². The highest BCUT2D eigenvalue weighted by atomic mass is 16.5. The molecule has 1 saturated carbocycles. The molecule has 0 radical (unpaired) electrons. The van der Waals surface area contributed by atoms with E-state index in [0.717, 1.165) is 19.3 Å². The molecule has 1 aliphatic rings. The van der Waals surface area contributed by atoms with Gasteiger partial charge in [0.2, 0.25) is 0 Å². The van der Waals surface area contributed by atoms with E-state index >= 15 is 0 Å². The Hall–Kier alpha value is -1.94. The maximum absolute atomic E-state index is 10.2. The number of aliphatic hydroxyl groups excluding tert-OH is 2. The second-order valence-electron chi connectivity index (χ2n) is 9.82. The zero-order chi connectivity index (χ0) is 23.1. The minimum atomic E-state index is -1.41. The first-order valence-electron chi connectivity index (χ1n) is 12.3. The average molecular weight is 437 g/mol. The molecule has 1 unspecified atom stereocenters. The van der Waals surface area contributed by atoms with Crippen molar-refractivity contribution in [3.8, 4) is 0 Å². The molecule has 0 amide bonds. The van der Waals surface area contributed by atoms with Crippen LogP contribution in [0.4, 0.5) is 0 Å². The maximum atomic E-state index is 10.2. The molecule has 3 nitrogen and oxygen atoms in total. The van der Waals surface area contributed by atoms with Crippen LogP contribution in [0.25, 0.3) is 6.08 Å². The van der Waals surface area contributed by atoms with Crippen molar-refractivity contribution in [2.75, 3.05) is 0 Å². The predicted molar refractivity (Wildman–Crippen MR) is 132 cm³/mol. The molecule has 32 heavy (non-hydrogen) atoms. The Morgan fingerprint density at radius 1 is 0.938 bits per heavy atom. The third-order valence-corrected chi connectivity index (χ3v) is 7.27. The highest BCUT2D eigenvalue weighted by Gasteiger charge is 2.33. The van der Waals surface area contributed by atoms with Crippen LogP contribution < -0.4 is 0 Å². The summed E-state index contributed by atoms with van der Waals surface area (Å²) in [7, 11) is 0. The molecule has 174 valence electrons. The van der Waals surface area contributed by atoms with Crippen LogP contribution in [0.3, 0.4) is 0 Å². The molecule has 1 fully saturated rings. The number of benzene rings is 2. The van der Waals surface area contributed by atoms with E-state index < -0.39 is 12.4 Å². The molecule has 2 aromatic carbocycles. The van der Waals surface area contributed by atoms with Crippen LogP contribution in [0.15, 0.2) is 48.5 Å². The van der Waals surface area contributed by atoms with Crippen LogP contribution >= 0.6 is 0 Å². The molecule has 0 heterocycles. The Morgan fingerprint density at radius 3 is 2.22 bits per heavy atom. The highest BCUT2D eigenvalue weighted by molar-refractivity contribution is 5.56. The van der Waals surface area contributed by atoms with Gasteiger partial charge >= 0.3 is 0 Å². The molecule has 3 heteroatoms. The first kappa shape index (κ1) is 24.7. The van der Waals surface area contributed by atoms with Crippen molar-refractivity contribution in [3.63, 3.8) is 0 Å². The second kappa shape index (κ2) is 11.3. The maximum Gasteiger partial charge on any atom is 0.178 e. The molecule has 3 rings (SSSR count). The molecule has 0 aromatic heterocycles. The third kappa shape index (κ3) is 6.10. The SMILES string of the molecule is CCc1cc(C2(CCc3ccc(C(O)O)cc3)CCCCC2)ccc1C=CC(O)C(C)C. The normalized spacial score (nSPS) is 17.4. The van der Waals surface area contributed by atoms with Crippen molar-refractivity contribution in [2.24, 2.45) is 5.92 Å². The fourth-order valence-electron chi connectivity index (χ4n) is 4.98. The lowest BCUT2D eigenvalue weighted by Crippen LogP contribution is -2.30. The predicted octanol–water partition coefficient (Wildman–Crippen LogP) is 6.10. The van der Waals surface area contributed by atoms with Crippen LogP contribution in [-0.2, 0) is 18.3 Å². The summed E-state index contributed by atoms with van der Waals surface area (Å²) in [5.41, 5.74) is 6.01. The zero-order valence-corrected chi connectivity index (χ0v) is 19.9. The monoisotopic (exact) mass is 436 g/mol. The average Bonchev–Trinajstić information content (AvgIpc) is 2.81. The van der Waals surface area contributed by atoms with Gasteiger partial charge in [-0.15, -0.1) is 0 Å². The van der Waals surface area contributed by atoms with Crippen LogP contribution in [0.2, 0.25) is 0 Å². The first-order valence-corrected chi connectivity index (χ1v) is 12.3. The van der Waals surface area contributed by atoms with Crippen LogP contribution in [0.1, 0.15) is 93.4 Å². The molecular weight excluding hydrogens is 396 g/mol. The minimum Gasteiger partial charge on any atom is -0.389 e. The van der Waals surface area contributed by atoms with Crippen molar-refractivity contribution in [1.82, 2.24) is 0 Å². The van der Waals surface area contributed by atoms with Gasteiger partial charge in [0, 0.05) is 5.56 Å². The van der Waals surface area contributed by atoms with E-state index in [9.17, 15) is 15.3 Å². The van der Waals surface area contributed by atoms with Gasteiger partial charge in [0.1, 0.15) is 0 Å². The van der Waals surface area contributed by atoms with E-state index in [4.69, 9.17) is 0 Å². The van der Waals surface area contributed by atoms with Gasteiger partial charge in [0.25, 0.3) is 0 Å². The summed E-state index contributed by atoms with van der Waals surface area (Å²) in [4.78, 5) is 0. The summed E-state index contributed by atoms with van der Waals surface area (Å²) in [6, 6.07) is 14.7. The van der Waals surface area contributed by atoms with Gasteiger partial charge in [-0.3, -0.25) is 0 Å². The molecule has 0 bridgehead atoms. The van der Waals surface area contributed by atoms with Crippen LogP contribution in [-0.4, -0.2) is 21.4 Å². The zero-order valence-electron chi connectivity index (χ0n) is 19.9. The molecule has 0 saturated heterocycles. The van der Waals surface area contributed by atoms with E-state index in [2.05, 4.69) is 31.2 Å². The molecule has 2 aromatic rings. The van der Waals surface area contributed by atoms with Gasteiger partial charge < -0.3 is 15.3 Å². The van der Waals surface area contributed by atoms with Gasteiger partial charge in [0.15, 0.2) is 6.29 Å². The topological polar surface area (TPSA) is 60.7 Å². The van der Waals surface area contributed by atoms with E-state index in [1.807, 2.05) is 44.2 Å². The number of hydrogen-bond acceptors (Lipinski definition) is 3. The Morgan fingerprint density at radius 2 is 1.62 bits per heavy atom. The second-order valence-corrected chi connectivity index (χ2v) is 9.82. The van der Waals surface area contributed by atoms with E-state index in [1.165, 1.54) is 54.4 Å². The molecule has 1 aliphatic carbocycles. The van der Waals surface area contributed by atoms with Crippen molar-refractivity contribution in [3.05, 3.63) is 76.4 Å². The first-order chi connectivity index (χ1) is 15.3. The number of rotatable bonds is 9. The Balaban J connectivity index is 1.83. The molecule has 3 N–H and O–H groups in total. The number of aliphatic hydroxyl groups is 3. The van der Waals surface area contributed by atoms with E-state index in [1.54, 1.807) is 0 Å². The lowest BCUT2D eigenvalue weighted by molar-refractivity contribution is -0.0424. The summed E-state index contributed by atoms with van der Waals surface area (Å²) in [6.45, 7) is 6.27. The summed E-state index contributed by atoms with van der Waals surface area (Å²) < 4.78 is 0. The molecule has 0 aliphatic heterocycles. The van der Waals surface area contributed by atoms with Crippen molar-refractivity contribution in [2.45, 2.75) is 89.9 Å². The summed E-state index contributed by atoms with van der Waals surface area (Å²) in [5.74, 6) is 0.218. The molecule has 0 spiro atoms. The van der Waals surface area contributed by atoms with Crippen molar-refractivity contribution in [1.29, 1.82) is 0 Å². The van der Waals surface area contributed by atoms with Crippen molar-refractivity contribution < 1.29 is 15.3 Å². The molecule has 1 atom stereocenters. The minimum absolute atomic E-state index is 0.205. The summed E-state index contributed by atoms with van der Waals surface area (Å²) in [6.07, 6.45) is 11.6. The fourth-order valence-corrected chi connectivity index (χ4v) is 4.98. The van der Waals surface area contributed by atoms with Crippen LogP contribution in [0, 0.1) is 5.92 Å². The van der Waals surface area contributed by atoms with Gasteiger partial charge in [0.05, 0.1) is 6.10 Å².